The lowest BCUT2D eigenvalue weighted by atomic mass is 9.70. The van der Waals surface area contributed by atoms with Gasteiger partial charge in [-0.1, -0.05) is 79.1 Å². The van der Waals surface area contributed by atoms with Gasteiger partial charge in [0.1, 0.15) is 6.10 Å². The molecule has 2 nitrogen and oxygen atoms in total. The fourth-order valence-corrected chi connectivity index (χ4v) is 5.11. The molecule has 0 unspecified atom stereocenters. The van der Waals surface area contributed by atoms with Crippen LogP contribution in [0.5, 0.6) is 0 Å². The van der Waals surface area contributed by atoms with Crippen molar-refractivity contribution in [2.45, 2.75) is 117 Å². The zero-order valence-electron chi connectivity index (χ0n) is 16.7. The lowest BCUT2D eigenvalue weighted by Crippen LogP contribution is -2.38. The molecular weight excluding hydrogens is 296 g/mol. The fraction of sp³-hybridized carbons (Fsp3) is 0.955. The first-order valence-corrected chi connectivity index (χ1v) is 10.6. The van der Waals surface area contributed by atoms with Crippen LogP contribution in [0.15, 0.2) is 0 Å². The summed E-state index contributed by atoms with van der Waals surface area (Å²) in [5.74, 6) is 0.792. The molecule has 2 aliphatic rings. The zero-order valence-corrected chi connectivity index (χ0v) is 16.7. The number of ether oxygens (including phenoxy) is 1. The highest BCUT2D eigenvalue weighted by molar-refractivity contribution is 5.69. The molecule has 0 aromatic carbocycles. The molecule has 2 rings (SSSR count). The van der Waals surface area contributed by atoms with E-state index in [0.29, 0.717) is 11.8 Å². The summed E-state index contributed by atoms with van der Waals surface area (Å²) in [7, 11) is 0. The highest BCUT2D eigenvalue weighted by Gasteiger charge is 2.62. The lowest BCUT2D eigenvalue weighted by molar-refractivity contribution is -0.157. The smallest absolute Gasteiger partial charge is 0.306 e. The molecule has 0 aliphatic heterocycles. The van der Waals surface area contributed by atoms with Crippen LogP contribution in [0.2, 0.25) is 0 Å². The third-order valence-electron chi connectivity index (χ3n) is 7.47. The number of carbonyl (C=O) groups excluding carboxylic acids is 1. The van der Waals surface area contributed by atoms with Gasteiger partial charge in [-0.3, -0.25) is 4.79 Å². The standard InChI is InChI=1S/C22H40O2/c1-5-6-7-8-9-10-11-12-13-14-20(23)24-19-17-18-15-16-22(19,4)21(18,2)3/h18-19H,5-17H2,1-4H3/t18-,19+,22-/m1/s1. The molecule has 0 spiro atoms. The van der Waals surface area contributed by atoms with Crippen molar-refractivity contribution >= 4 is 5.97 Å². The second-order valence-corrected chi connectivity index (χ2v) is 9.17. The second-order valence-electron chi connectivity index (χ2n) is 9.17. The summed E-state index contributed by atoms with van der Waals surface area (Å²) in [5, 5.41) is 0. The molecule has 140 valence electrons. The number of unbranched alkanes of at least 4 members (excludes halogenated alkanes) is 8. The number of fused-ring (bicyclic) bond motifs is 2. The van der Waals surface area contributed by atoms with E-state index in [1.807, 2.05) is 0 Å². The molecule has 2 bridgehead atoms. The van der Waals surface area contributed by atoms with Crippen LogP contribution in [-0.2, 0) is 9.53 Å². The van der Waals surface area contributed by atoms with Gasteiger partial charge in [0, 0.05) is 11.8 Å². The summed E-state index contributed by atoms with van der Waals surface area (Å²) in [4.78, 5) is 12.2. The minimum atomic E-state index is 0.0486. The highest BCUT2D eigenvalue weighted by Crippen LogP contribution is 2.66. The minimum absolute atomic E-state index is 0.0486. The Morgan fingerprint density at radius 1 is 0.958 bits per heavy atom. The average Bonchev–Trinajstić information content (AvgIpc) is 2.86. The largest absolute Gasteiger partial charge is 0.462 e. The summed E-state index contributed by atoms with van der Waals surface area (Å²) in [6.07, 6.45) is 16.0. The van der Waals surface area contributed by atoms with Crippen LogP contribution in [0.1, 0.15) is 111 Å². The molecular formula is C22H40O2. The number of esters is 1. The van der Waals surface area contributed by atoms with E-state index in [2.05, 4.69) is 27.7 Å². The maximum atomic E-state index is 12.2. The Labute approximate surface area is 150 Å². The molecule has 0 aromatic heterocycles. The molecule has 0 amide bonds. The van der Waals surface area contributed by atoms with E-state index in [1.54, 1.807) is 0 Å². The third kappa shape index (κ3) is 4.35. The van der Waals surface area contributed by atoms with Gasteiger partial charge < -0.3 is 4.74 Å². The molecule has 0 N–H and O–H groups in total. The summed E-state index contributed by atoms with van der Waals surface area (Å²) >= 11 is 0. The summed E-state index contributed by atoms with van der Waals surface area (Å²) < 4.78 is 5.92. The first kappa shape index (κ1) is 19.8. The Morgan fingerprint density at radius 3 is 2.04 bits per heavy atom. The van der Waals surface area contributed by atoms with E-state index in [1.165, 1.54) is 64.2 Å². The number of hydrogen-bond acceptors (Lipinski definition) is 2. The Kier molecular flexibility index (Phi) is 7.19. The highest BCUT2D eigenvalue weighted by atomic mass is 16.5. The molecule has 2 heteroatoms. The van der Waals surface area contributed by atoms with Gasteiger partial charge >= 0.3 is 5.97 Å². The molecule has 0 radical (unpaired) electrons. The maximum absolute atomic E-state index is 12.2. The SMILES string of the molecule is CCCCCCCCCCCC(=O)O[C@H]1C[C@H]2CC[C@@]1(C)C2(C)C. The summed E-state index contributed by atoms with van der Waals surface area (Å²) in [6, 6.07) is 0. The molecule has 3 atom stereocenters. The van der Waals surface area contributed by atoms with Gasteiger partial charge in [0.05, 0.1) is 0 Å². The van der Waals surface area contributed by atoms with Crippen molar-refractivity contribution in [1.29, 1.82) is 0 Å². The van der Waals surface area contributed by atoms with Crippen LogP contribution >= 0.6 is 0 Å². The normalized spacial score (nSPS) is 30.7. The molecule has 24 heavy (non-hydrogen) atoms. The van der Waals surface area contributed by atoms with Gasteiger partial charge in [-0.15, -0.1) is 0 Å². The van der Waals surface area contributed by atoms with Gasteiger partial charge in [0.25, 0.3) is 0 Å². The second kappa shape index (κ2) is 8.72. The molecule has 0 aromatic rings. The number of hydrogen-bond donors (Lipinski definition) is 0. The van der Waals surface area contributed by atoms with Crippen molar-refractivity contribution in [3.05, 3.63) is 0 Å². The van der Waals surface area contributed by atoms with Gasteiger partial charge in [0.2, 0.25) is 0 Å². The number of carbonyl (C=O) groups is 1. The van der Waals surface area contributed by atoms with Crippen molar-refractivity contribution in [3.8, 4) is 0 Å². The third-order valence-corrected chi connectivity index (χ3v) is 7.47. The summed E-state index contributed by atoms with van der Waals surface area (Å²) in [5.41, 5.74) is 0.529. The first-order chi connectivity index (χ1) is 11.4. The molecule has 2 saturated carbocycles. The predicted octanol–water partition coefficient (Wildman–Crippen LogP) is 6.67. The van der Waals surface area contributed by atoms with Crippen molar-refractivity contribution in [3.63, 3.8) is 0 Å². The van der Waals surface area contributed by atoms with Crippen LogP contribution in [-0.4, -0.2) is 12.1 Å². The quantitative estimate of drug-likeness (QED) is 0.311. The van der Waals surface area contributed by atoms with Crippen molar-refractivity contribution in [2.75, 3.05) is 0 Å². The van der Waals surface area contributed by atoms with E-state index in [-0.39, 0.29) is 17.5 Å². The Morgan fingerprint density at radius 2 is 1.54 bits per heavy atom. The van der Waals surface area contributed by atoms with E-state index < -0.39 is 0 Å². The van der Waals surface area contributed by atoms with Gasteiger partial charge in [-0.05, 0) is 37.0 Å². The predicted molar refractivity (Wildman–Crippen MR) is 101 cm³/mol. The first-order valence-electron chi connectivity index (χ1n) is 10.6. The zero-order chi connectivity index (χ0) is 17.6. The topological polar surface area (TPSA) is 26.3 Å². The van der Waals surface area contributed by atoms with Crippen LogP contribution in [0.25, 0.3) is 0 Å². The maximum Gasteiger partial charge on any atom is 0.306 e. The molecule has 2 fully saturated rings. The molecule has 0 saturated heterocycles. The van der Waals surface area contributed by atoms with Crippen LogP contribution in [0.4, 0.5) is 0 Å². The van der Waals surface area contributed by atoms with Crippen LogP contribution in [0.3, 0.4) is 0 Å². The monoisotopic (exact) mass is 336 g/mol. The minimum Gasteiger partial charge on any atom is -0.462 e. The Balaban J connectivity index is 1.55. The Bertz CT molecular complexity index is 401. The van der Waals surface area contributed by atoms with Gasteiger partial charge in [-0.25, -0.2) is 0 Å². The number of rotatable bonds is 11. The van der Waals surface area contributed by atoms with E-state index in [9.17, 15) is 4.79 Å². The van der Waals surface area contributed by atoms with Crippen molar-refractivity contribution in [1.82, 2.24) is 0 Å². The van der Waals surface area contributed by atoms with Crippen molar-refractivity contribution in [2.24, 2.45) is 16.7 Å². The van der Waals surface area contributed by atoms with Gasteiger partial charge in [0.15, 0.2) is 0 Å². The fourth-order valence-electron chi connectivity index (χ4n) is 5.11. The molecule has 0 heterocycles. The van der Waals surface area contributed by atoms with Crippen LogP contribution < -0.4 is 0 Å². The summed E-state index contributed by atoms with van der Waals surface area (Å²) in [6.45, 7) is 9.35. The van der Waals surface area contributed by atoms with Crippen molar-refractivity contribution < 1.29 is 9.53 Å². The van der Waals surface area contributed by atoms with Crippen LogP contribution in [0, 0.1) is 16.7 Å². The van der Waals surface area contributed by atoms with E-state index in [0.717, 1.165) is 18.8 Å². The van der Waals surface area contributed by atoms with E-state index >= 15 is 0 Å². The van der Waals surface area contributed by atoms with Gasteiger partial charge in [-0.2, -0.15) is 0 Å². The molecule has 2 aliphatic carbocycles. The Hall–Kier alpha value is -0.530. The lowest BCUT2D eigenvalue weighted by Gasteiger charge is -2.38. The van der Waals surface area contributed by atoms with E-state index in [4.69, 9.17) is 4.74 Å². The average molecular weight is 337 g/mol.